The lowest BCUT2D eigenvalue weighted by Gasteiger charge is -1.66. The predicted octanol–water partition coefficient (Wildman–Crippen LogP) is 1.88. The molecule has 0 aliphatic rings. The van der Waals surface area contributed by atoms with E-state index in [1.807, 2.05) is 0 Å². The maximum absolute atomic E-state index is 10.6. The van der Waals surface area contributed by atoms with Crippen molar-refractivity contribution in [1.29, 1.82) is 0 Å². The minimum absolute atomic E-state index is 1.32. The highest BCUT2D eigenvalue weighted by atomic mass is 31.1. The Hall–Kier alpha value is -0.0600. The Morgan fingerprint density at radius 1 is 1.25 bits per heavy atom. The molecule has 0 aromatic rings. The van der Waals surface area contributed by atoms with E-state index in [1.165, 1.54) is 14.2 Å². The lowest BCUT2D eigenvalue weighted by Crippen LogP contribution is -1.75. The third kappa shape index (κ3) is 12.6. The molecule has 1 atom stereocenters. The van der Waals surface area contributed by atoms with Gasteiger partial charge in [0.05, 0.1) is 14.2 Å². The molecule has 0 amide bonds. The van der Waals surface area contributed by atoms with E-state index in [1.54, 1.807) is 0 Å². The minimum Gasteiger partial charge on any atom is -0.156 e. The summed E-state index contributed by atoms with van der Waals surface area (Å²) in [5.74, 6) is 0. The van der Waals surface area contributed by atoms with Gasteiger partial charge >= 0.3 is 22.4 Å². The summed E-state index contributed by atoms with van der Waals surface area (Å²) in [5, 5.41) is 0. The molecule has 0 aliphatic heterocycles. The Bertz CT molecular complexity index is 144. The number of rotatable bonds is 3. The second-order valence-electron chi connectivity index (χ2n) is 1.17. The summed E-state index contributed by atoms with van der Waals surface area (Å²) in [4.78, 5) is 7.39. The first-order valence-electron chi connectivity index (χ1n) is 2.44. The van der Waals surface area contributed by atoms with Gasteiger partial charge in [-0.15, -0.1) is 9.05 Å². The van der Waals surface area contributed by atoms with Crippen LogP contribution in [0.15, 0.2) is 0 Å². The lowest BCUT2D eigenvalue weighted by molar-refractivity contribution is 0.222. The van der Waals surface area contributed by atoms with Crippen molar-refractivity contribution in [2.24, 2.45) is 0 Å². The van der Waals surface area contributed by atoms with Gasteiger partial charge in [-0.2, -0.15) is 13.7 Å². The van der Waals surface area contributed by atoms with E-state index in [2.05, 4.69) is 9.05 Å². The summed E-state index contributed by atoms with van der Waals surface area (Å²) < 4.78 is 48.6. The average molecular weight is 224 g/mol. The molecule has 0 saturated carbocycles. The first kappa shape index (κ1) is 14.5. The van der Waals surface area contributed by atoms with Gasteiger partial charge in [0.1, 0.15) is 0 Å². The van der Waals surface area contributed by atoms with Gasteiger partial charge in [0.25, 0.3) is 0 Å². The van der Waals surface area contributed by atoms with E-state index in [-0.39, 0.29) is 0 Å². The zero-order valence-corrected chi connectivity index (χ0v) is 8.10. The van der Waals surface area contributed by atoms with Crippen LogP contribution < -0.4 is 0 Å². The van der Waals surface area contributed by atoms with Crippen LogP contribution in [-0.4, -0.2) is 25.3 Å². The highest BCUT2D eigenvalue weighted by Crippen LogP contribution is 2.23. The molecule has 1 N–H and O–H groups in total. The Balaban J connectivity index is 0. The Morgan fingerprint density at radius 2 is 1.50 bits per heavy atom. The maximum Gasteiger partial charge on any atom is 0.696 e. The van der Waals surface area contributed by atoms with Gasteiger partial charge in [0, 0.05) is 4.57 Å². The fraction of sp³-hybridized carbons (Fsp3) is 1.00. The quantitative estimate of drug-likeness (QED) is 0.740. The molecule has 0 rings (SSSR count). The molecular formula is C3H8F2O5P2+2. The Morgan fingerprint density at radius 3 is 1.50 bits per heavy atom. The van der Waals surface area contributed by atoms with E-state index in [0.29, 0.717) is 0 Å². The first-order chi connectivity index (χ1) is 5.45. The predicted molar refractivity (Wildman–Crippen MR) is 37.5 cm³/mol. The highest BCUT2D eigenvalue weighted by molar-refractivity contribution is 7.38. The standard InChI is InChI=1S/C2H6O3P.CHF2O2P/c1-4-6(3)5-2;2-1(3)6(4)5/h1-2H3;1H/q+1;/p+1. The van der Waals surface area contributed by atoms with Gasteiger partial charge < -0.3 is 0 Å². The van der Waals surface area contributed by atoms with Crippen LogP contribution in [-0.2, 0) is 18.2 Å². The summed E-state index contributed by atoms with van der Waals surface area (Å²) in [7, 11) is -2.43. The molecule has 72 valence electrons. The molecule has 1 unspecified atom stereocenters. The van der Waals surface area contributed by atoms with Gasteiger partial charge in [-0.25, -0.2) is 0 Å². The van der Waals surface area contributed by atoms with Crippen LogP contribution in [0.2, 0.25) is 0 Å². The molecule has 5 nitrogen and oxygen atoms in total. The van der Waals surface area contributed by atoms with E-state index in [9.17, 15) is 13.3 Å². The summed E-state index contributed by atoms with van der Waals surface area (Å²) in [6, 6.07) is 0. The molecule has 0 aliphatic carbocycles. The smallest absolute Gasteiger partial charge is 0.156 e. The monoisotopic (exact) mass is 224 g/mol. The van der Waals surface area contributed by atoms with Crippen molar-refractivity contribution in [1.82, 2.24) is 0 Å². The van der Waals surface area contributed by atoms with Gasteiger partial charge in [-0.05, 0) is 4.57 Å². The summed E-state index contributed by atoms with van der Waals surface area (Å²) in [6.45, 7) is 0. The zero-order valence-electron chi connectivity index (χ0n) is 6.31. The van der Waals surface area contributed by atoms with Crippen molar-refractivity contribution in [2.75, 3.05) is 14.2 Å². The van der Waals surface area contributed by atoms with Crippen molar-refractivity contribution in [3.63, 3.8) is 0 Å². The van der Waals surface area contributed by atoms with Crippen molar-refractivity contribution in [3.8, 4) is 0 Å². The number of hydrogen-bond acceptors (Lipinski definition) is 4. The lowest BCUT2D eigenvalue weighted by atomic mass is 11.7. The van der Waals surface area contributed by atoms with E-state index in [0.717, 1.165) is 0 Å². The molecule has 0 bridgehead atoms. The van der Waals surface area contributed by atoms with Crippen LogP contribution in [0.4, 0.5) is 8.78 Å². The second-order valence-corrected chi connectivity index (χ2v) is 3.34. The van der Waals surface area contributed by atoms with Gasteiger partial charge in [-0.1, -0.05) is 0 Å². The van der Waals surface area contributed by atoms with E-state index < -0.39 is 22.4 Å². The van der Waals surface area contributed by atoms with Crippen molar-refractivity contribution >= 4 is 16.3 Å². The molecular weight excluding hydrogens is 216 g/mol. The number of halogens is 2. The van der Waals surface area contributed by atoms with E-state index in [4.69, 9.17) is 9.46 Å². The fourth-order valence-electron chi connectivity index (χ4n) is 0.0745. The number of alkyl halides is 2. The molecule has 0 spiro atoms. The maximum atomic E-state index is 10.6. The third-order valence-corrected chi connectivity index (χ3v) is 1.40. The first-order valence-corrected chi connectivity index (χ1v) is 4.82. The summed E-state index contributed by atoms with van der Waals surface area (Å²) in [5.41, 5.74) is 0. The normalized spacial score (nSPS) is 10.3. The summed E-state index contributed by atoms with van der Waals surface area (Å²) >= 11 is 0. The Kier molecular flexibility index (Phi) is 10.9. The summed E-state index contributed by atoms with van der Waals surface area (Å²) in [6.07, 6.45) is -3.08. The topological polar surface area (TPSA) is 72.8 Å². The SMILES string of the molecule is CO[P+](=O)OC.O=[P+](O)C(F)F. The average Bonchev–Trinajstić information content (AvgIpc) is 2.04. The highest BCUT2D eigenvalue weighted by Gasteiger charge is 2.26. The van der Waals surface area contributed by atoms with Crippen LogP contribution >= 0.6 is 16.3 Å². The van der Waals surface area contributed by atoms with Crippen molar-refractivity contribution < 1.29 is 31.9 Å². The van der Waals surface area contributed by atoms with E-state index >= 15 is 0 Å². The zero-order chi connectivity index (χ0) is 10.1. The van der Waals surface area contributed by atoms with Gasteiger partial charge in [0.15, 0.2) is 0 Å². The number of hydrogen-bond donors (Lipinski definition) is 1. The largest absolute Gasteiger partial charge is 0.696 e. The second kappa shape index (κ2) is 9.03. The van der Waals surface area contributed by atoms with Crippen LogP contribution in [0.5, 0.6) is 0 Å². The van der Waals surface area contributed by atoms with Crippen molar-refractivity contribution in [3.05, 3.63) is 0 Å². The molecule has 12 heavy (non-hydrogen) atoms. The van der Waals surface area contributed by atoms with Crippen LogP contribution in [0.3, 0.4) is 0 Å². The molecule has 0 aromatic heterocycles. The van der Waals surface area contributed by atoms with Gasteiger partial charge in [0.2, 0.25) is 0 Å². The minimum atomic E-state index is -3.24. The molecule has 0 saturated heterocycles. The van der Waals surface area contributed by atoms with Crippen LogP contribution in [0.1, 0.15) is 0 Å². The molecule has 9 heteroatoms. The molecule has 0 radical (unpaired) electrons. The van der Waals surface area contributed by atoms with Gasteiger partial charge in [-0.3, -0.25) is 0 Å². The Labute approximate surface area is 69.5 Å². The van der Waals surface area contributed by atoms with Crippen LogP contribution in [0.25, 0.3) is 0 Å². The molecule has 0 heterocycles. The molecule has 0 aromatic carbocycles. The van der Waals surface area contributed by atoms with Crippen LogP contribution in [0, 0.1) is 0 Å². The third-order valence-electron chi connectivity index (χ3n) is 0.465. The molecule has 0 fully saturated rings. The fourth-order valence-corrected chi connectivity index (χ4v) is 0.224. The van der Waals surface area contributed by atoms with Crippen molar-refractivity contribution in [2.45, 2.75) is 6.17 Å².